The molecule has 0 radical (unpaired) electrons. The molecule has 0 aliphatic heterocycles. The normalized spacial score (nSPS) is 13.5. The summed E-state index contributed by atoms with van der Waals surface area (Å²) in [5.41, 5.74) is 0.452. The van der Waals surface area contributed by atoms with Gasteiger partial charge in [0, 0.05) is 11.5 Å². The zero-order chi connectivity index (χ0) is 11.5. The second-order valence-electron chi connectivity index (χ2n) is 3.38. The van der Waals surface area contributed by atoms with E-state index in [9.17, 15) is 13.2 Å². The molecule has 1 N–H and O–H groups in total. The highest BCUT2D eigenvalue weighted by Gasteiger charge is 2.20. The van der Waals surface area contributed by atoms with E-state index in [0.717, 1.165) is 0 Å². The molecule has 0 saturated heterocycles. The van der Waals surface area contributed by atoms with E-state index in [1.165, 1.54) is 6.92 Å². The summed E-state index contributed by atoms with van der Waals surface area (Å²) >= 11 is 0. The van der Waals surface area contributed by atoms with E-state index in [4.69, 9.17) is 4.55 Å². The first-order chi connectivity index (χ1) is 6.90. The van der Waals surface area contributed by atoms with E-state index in [2.05, 4.69) is 0 Å². The van der Waals surface area contributed by atoms with Crippen molar-refractivity contribution in [2.45, 2.75) is 6.92 Å². The lowest BCUT2D eigenvalue weighted by molar-refractivity contribution is 0.0939. The molecule has 0 fully saturated rings. The van der Waals surface area contributed by atoms with Crippen LogP contribution in [0.4, 0.5) is 0 Å². The van der Waals surface area contributed by atoms with E-state index in [1.54, 1.807) is 30.3 Å². The standard InChI is InChI=1S/C10H12O4S/c1-8(7-15(12,13)14)10(11)9-5-3-2-4-6-9/h2-6,8H,7H2,1H3,(H,12,13,14)/t8-/m1/s1. The summed E-state index contributed by atoms with van der Waals surface area (Å²) in [4.78, 5) is 11.6. The van der Waals surface area contributed by atoms with E-state index in [-0.39, 0.29) is 5.78 Å². The van der Waals surface area contributed by atoms with Gasteiger partial charge < -0.3 is 0 Å². The van der Waals surface area contributed by atoms with Gasteiger partial charge in [0.25, 0.3) is 10.1 Å². The van der Waals surface area contributed by atoms with E-state index >= 15 is 0 Å². The van der Waals surface area contributed by atoms with Crippen LogP contribution in [0, 0.1) is 5.92 Å². The molecule has 0 bridgehead atoms. The number of hydrogen-bond donors (Lipinski definition) is 1. The fourth-order valence-electron chi connectivity index (χ4n) is 1.28. The average molecular weight is 228 g/mol. The molecule has 1 aromatic rings. The van der Waals surface area contributed by atoms with Crippen LogP contribution in [-0.4, -0.2) is 24.5 Å². The minimum Gasteiger partial charge on any atom is -0.294 e. The zero-order valence-corrected chi connectivity index (χ0v) is 9.07. The molecule has 82 valence electrons. The number of carbonyl (C=O) groups is 1. The van der Waals surface area contributed by atoms with Crippen molar-refractivity contribution in [3.05, 3.63) is 35.9 Å². The van der Waals surface area contributed by atoms with Crippen molar-refractivity contribution in [1.29, 1.82) is 0 Å². The fraction of sp³-hybridized carbons (Fsp3) is 0.300. The van der Waals surface area contributed by atoms with Crippen LogP contribution in [0.25, 0.3) is 0 Å². The van der Waals surface area contributed by atoms with Crippen molar-refractivity contribution in [2.75, 3.05) is 5.75 Å². The molecule has 0 spiro atoms. The third-order valence-corrected chi connectivity index (χ3v) is 2.89. The Labute approximate surface area is 88.7 Å². The molecule has 1 atom stereocenters. The van der Waals surface area contributed by atoms with Crippen LogP contribution in [0.3, 0.4) is 0 Å². The molecule has 0 saturated carbocycles. The minimum absolute atomic E-state index is 0.284. The lowest BCUT2D eigenvalue weighted by Crippen LogP contribution is -2.20. The molecule has 15 heavy (non-hydrogen) atoms. The Hall–Kier alpha value is -1.20. The molecule has 0 unspecified atom stereocenters. The van der Waals surface area contributed by atoms with Crippen molar-refractivity contribution in [2.24, 2.45) is 5.92 Å². The van der Waals surface area contributed by atoms with Gasteiger partial charge in [0.2, 0.25) is 0 Å². The molecule has 4 nitrogen and oxygen atoms in total. The SMILES string of the molecule is C[C@H](CS(=O)(=O)O)C(=O)c1ccccc1. The van der Waals surface area contributed by atoms with Crippen LogP contribution in [0.15, 0.2) is 30.3 Å². The van der Waals surface area contributed by atoms with Gasteiger partial charge in [-0.15, -0.1) is 0 Å². The topological polar surface area (TPSA) is 71.4 Å². The predicted molar refractivity (Wildman–Crippen MR) is 56.4 cm³/mol. The van der Waals surface area contributed by atoms with Gasteiger partial charge >= 0.3 is 0 Å². The predicted octanol–water partition coefficient (Wildman–Crippen LogP) is 1.39. The lowest BCUT2D eigenvalue weighted by atomic mass is 10.0. The van der Waals surface area contributed by atoms with Gasteiger partial charge in [-0.05, 0) is 0 Å². The van der Waals surface area contributed by atoms with Gasteiger partial charge in [0.15, 0.2) is 5.78 Å². The largest absolute Gasteiger partial charge is 0.294 e. The number of rotatable bonds is 4. The summed E-state index contributed by atoms with van der Waals surface area (Å²) in [6.45, 7) is 1.48. The van der Waals surface area contributed by atoms with Crippen LogP contribution in [0.2, 0.25) is 0 Å². The molecule has 1 rings (SSSR count). The fourth-order valence-corrected chi connectivity index (χ4v) is 2.06. The highest BCUT2D eigenvalue weighted by Crippen LogP contribution is 2.10. The Morgan fingerprint density at radius 3 is 2.33 bits per heavy atom. The number of Topliss-reactive ketones (excluding diaryl/α,β-unsaturated/α-hetero) is 1. The first kappa shape index (κ1) is 11.9. The third-order valence-electron chi connectivity index (χ3n) is 1.97. The number of benzene rings is 1. The van der Waals surface area contributed by atoms with E-state index in [1.807, 2.05) is 0 Å². The summed E-state index contributed by atoms with van der Waals surface area (Å²) in [7, 11) is -4.10. The lowest BCUT2D eigenvalue weighted by Gasteiger charge is -2.07. The van der Waals surface area contributed by atoms with Crippen molar-refractivity contribution in [1.82, 2.24) is 0 Å². The third kappa shape index (κ3) is 3.81. The molecule has 1 aromatic carbocycles. The van der Waals surface area contributed by atoms with Crippen molar-refractivity contribution >= 4 is 15.9 Å². The molecule has 0 aliphatic rings. The Morgan fingerprint density at radius 1 is 1.33 bits per heavy atom. The van der Waals surface area contributed by atoms with E-state index < -0.39 is 21.8 Å². The van der Waals surface area contributed by atoms with E-state index in [0.29, 0.717) is 5.56 Å². The van der Waals surface area contributed by atoms with Crippen LogP contribution < -0.4 is 0 Å². The molecule has 0 amide bonds. The number of ketones is 1. The van der Waals surface area contributed by atoms with Gasteiger partial charge in [-0.2, -0.15) is 8.42 Å². The van der Waals surface area contributed by atoms with Crippen LogP contribution in [-0.2, 0) is 10.1 Å². The van der Waals surface area contributed by atoms with Crippen molar-refractivity contribution in [3.63, 3.8) is 0 Å². The van der Waals surface area contributed by atoms with Gasteiger partial charge in [0.05, 0.1) is 5.75 Å². The summed E-state index contributed by atoms with van der Waals surface area (Å²) in [6, 6.07) is 8.40. The average Bonchev–Trinajstić information content (AvgIpc) is 2.15. The highest BCUT2D eigenvalue weighted by atomic mass is 32.2. The van der Waals surface area contributed by atoms with Crippen LogP contribution >= 0.6 is 0 Å². The maximum absolute atomic E-state index is 11.6. The maximum atomic E-state index is 11.6. The van der Waals surface area contributed by atoms with Crippen molar-refractivity contribution < 1.29 is 17.8 Å². The number of hydrogen-bond acceptors (Lipinski definition) is 3. The van der Waals surface area contributed by atoms with Gasteiger partial charge in [0.1, 0.15) is 0 Å². The second kappa shape index (κ2) is 4.55. The second-order valence-corrected chi connectivity index (χ2v) is 4.88. The molecule has 5 heteroatoms. The highest BCUT2D eigenvalue weighted by molar-refractivity contribution is 7.85. The molecule has 0 aromatic heterocycles. The van der Waals surface area contributed by atoms with Gasteiger partial charge in [-0.25, -0.2) is 0 Å². The summed E-state index contributed by atoms with van der Waals surface area (Å²) in [5, 5.41) is 0. The first-order valence-electron chi connectivity index (χ1n) is 4.44. The molecule has 0 heterocycles. The van der Waals surface area contributed by atoms with Gasteiger partial charge in [-0.1, -0.05) is 37.3 Å². The Morgan fingerprint density at radius 2 is 1.87 bits per heavy atom. The molecule has 0 aliphatic carbocycles. The maximum Gasteiger partial charge on any atom is 0.265 e. The first-order valence-corrected chi connectivity index (χ1v) is 6.05. The summed E-state index contributed by atoms with van der Waals surface area (Å²) in [5.74, 6) is -1.56. The Kier molecular flexibility index (Phi) is 3.60. The summed E-state index contributed by atoms with van der Waals surface area (Å²) < 4.78 is 29.8. The zero-order valence-electron chi connectivity index (χ0n) is 8.25. The molecular formula is C10H12O4S. The quantitative estimate of drug-likeness (QED) is 0.624. The smallest absolute Gasteiger partial charge is 0.265 e. The van der Waals surface area contributed by atoms with Crippen molar-refractivity contribution in [3.8, 4) is 0 Å². The Bertz CT molecular complexity index is 436. The van der Waals surface area contributed by atoms with Gasteiger partial charge in [-0.3, -0.25) is 9.35 Å². The Balaban J connectivity index is 2.79. The van der Waals surface area contributed by atoms with Crippen LogP contribution in [0.1, 0.15) is 17.3 Å². The monoisotopic (exact) mass is 228 g/mol. The van der Waals surface area contributed by atoms with Crippen LogP contribution in [0.5, 0.6) is 0 Å². The summed E-state index contributed by atoms with van der Waals surface area (Å²) in [6.07, 6.45) is 0. The number of carbonyl (C=O) groups excluding carboxylic acids is 1. The molecular weight excluding hydrogens is 216 g/mol. The minimum atomic E-state index is -4.10.